The third-order valence-electron chi connectivity index (χ3n) is 8.00. The van der Waals surface area contributed by atoms with Crippen molar-refractivity contribution in [2.75, 3.05) is 20.3 Å². The van der Waals surface area contributed by atoms with Crippen molar-refractivity contribution >= 4 is 38.6 Å². The fourth-order valence-corrected chi connectivity index (χ4v) is 5.72. The van der Waals surface area contributed by atoms with Crippen molar-refractivity contribution in [2.24, 2.45) is 11.7 Å². The summed E-state index contributed by atoms with van der Waals surface area (Å²) in [5.74, 6) is -3.13. The standard InChI is InChI=1S/C31H30BrF2N5O5/c1-3-44-28-20(29(35)40)11-25(37-27(28)19-10-21(32)23(34)12-22(19)33)31(42,17-4-5-17)14-36-30(41)15-8-16-13-39(18-6-7-18)38-26(16)24(9-15)43-2/h8-13,17-18,42H,3-7,14H2,1-2H3,(H2,35,40)(H,36,41)/t31-/m1/s1. The summed E-state index contributed by atoms with van der Waals surface area (Å²) in [6.45, 7) is 1.49. The Kier molecular flexibility index (Phi) is 7.78. The van der Waals surface area contributed by atoms with E-state index >= 15 is 4.39 Å². The predicted octanol–water partition coefficient (Wildman–Crippen LogP) is 5.01. The Hall–Kier alpha value is -4.10. The molecule has 0 radical (unpaired) electrons. The highest BCUT2D eigenvalue weighted by Gasteiger charge is 2.47. The number of benzene rings is 2. The molecule has 0 saturated heterocycles. The molecule has 0 unspecified atom stereocenters. The van der Waals surface area contributed by atoms with Crippen LogP contribution in [-0.2, 0) is 5.60 Å². The number of methoxy groups -OCH3 is 1. The molecule has 13 heteroatoms. The Balaban J connectivity index is 1.38. The van der Waals surface area contributed by atoms with E-state index < -0.39 is 29.0 Å². The van der Waals surface area contributed by atoms with Gasteiger partial charge in [0.1, 0.15) is 34.2 Å². The molecule has 2 aliphatic rings. The van der Waals surface area contributed by atoms with Crippen molar-refractivity contribution in [1.29, 1.82) is 0 Å². The number of amides is 2. The molecule has 2 saturated carbocycles. The van der Waals surface area contributed by atoms with E-state index in [-0.39, 0.29) is 51.8 Å². The van der Waals surface area contributed by atoms with Gasteiger partial charge in [0.05, 0.1) is 42.0 Å². The van der Waals surface area contributed by atoms with Gasteiger partial charge in [-0.15, -0.1) is 0 Å². The molecule has 6 rings (SSSR count). The number of ether oxygens (including phenoxy) is 2. The molecule has 0 aliphatic heterocycles. The molecule has 0 bridgehead atoms. The highest BCUT2D eigenvalue weighted by Crippen LogP contribution is 2.47. The van der Waals surface area contributed by atoms with Gasteiger partial charge >= 0.3 is 0 Å². The van der Waals surface area contributed by atoms with Crippen molar-refractivity contribution < 1.29 is 33.0 Å². The number of halogens is 3. The number of aromatic nitrogens is 3. The van der Waals surface area contributed by atoms with Crippen LogP contribution in [0, 0.1) is 17.6 Å². The molecule has 4 aromatic rings. The fourth-order valence-electron chi connectivity index (χ4n) is 5.37. The van der Waals surface area contributed by atoms with Gasteiger partial charge in [0.25, 0.3) is 11.8 Å². The lowest BCUT2D eigenvalue weighted by molar-refractivity contribution is 0.00946. The van der Waals surface area contributed by atoms with Gasteiger partial charge in [0, 0.05) is 28.8 Å². The van der Waals surface area contributed by atoms with E-state index in [1.165, 1.54) is 19.2 Å². The number of rotatable bonds is 11. The van der Waals surface area contributed by atoms with E-state index in [9.17, 15) is 19.1 Å². The summed E-state index contributed by atoms with van der Waals surface area (Å²) >= 11 is 3.07. The lowest BCUT2D eigenvalue weighted by atomic mass is 9.90. The van der Waals surface area contributed by atoms with E-state index in [0.29, 0.717) is 41.8 Å². The third-order valence-corrected chi connectivity index (χ3v) is 8.61. The minimum absolute atomic E-state index is 0.00820. The summed E-state index contributed by atoms with van der Waals surface area (Å²) in [4.78, 5) is 30.6. The lowest BCUT2D eigenvalue weighted by Crippen LogP contribution is -2.43. The van der Waals surface area contributed by atoms with Gasteiger partial charge in [-0.25, -0.2) is 13.8 Å². The van der Waals surface area contributed by atoms with E-state index in [1.807, 2.05) is 10.9 Å². The van der Waals surface area contributed by atoms with Crippen LogP contribution in [0.15, 0.2) is 41.0 Å². The van der Waals surface area contributed by atoms with Crippen molar-refractivity contribution in [3.8, 4) is 22.8 Å². The molecule has 1 atom stereocenters. The average Bonchev–Trinajstić information content (AvgIpc) is 3.94. The van der Waals surface area contributed by atoms with Crippen LogP contribution < -0.4 is 20.5 Å². The van der Waals surface area contributed by atoms with Gasteiger partial charge in [-0.2, -0.15) is 5.10 Å². The highest BCUT2D eigenvalue weighted by molar-refractivity contribution is 9.10. The number of nitrogens with zero attached hydrogens (tertiary/aromatic N) is 3. The Morgan fingerprint density at radius 2 is 1.91 bits per heavy atom. The summed E-state index contributed by atoms with van der Waals surface area (Å²) in [6.07, 6.45) is 5.23. The highest BCUT2D eigenvalue weighted by atomic mass is 79.9. The largest absolute Gasteiger partial charge is 0.494 e. The lowest BCUT2D eigenvalue weighted by Gasteiger charge is -2.29. The molecular formula is C31H30BrF2N5O5. The number of primary amides is 1. The predicted molar refractivity (Wildman–Crippen MR) is 160 cm³/mol. The minimum atomic E-state index is -1.75. The monoisotopic (exact) mass is 669 g/mol. The number of nitrogens with one attached hydrogen (secondary N) is 1. The fraction of sp³-hybridized carbons (Fsp3) is 0.355. The van der Waals surface area contributed by atoms with Gasteiger partial charge in [-0.3, -0.25) is 14.3 Å². The molecule has 2 aromatic heterocycles. The van der Waals surface area contributed by atoms with Gasteiger partial charge in [-0.1, -0.05) is 0 Å². The topological polar surface area (TPSA) is 142 Å². The Morgan fingerprint density at radius 3 is 2.55 bits per heavy atom. The number of pyridine rings is 1. The van der Waals surface area contributed by atoms with Crippen LogP contribution in [-0.4, -0.2) is 51.9 Å². The Labute approximate surface area is 259 Å². The van der Waals surface area contributed by atoms with Crippen molar-refractivity contribution in [2.45, 2.75) is 44.2 Å². The zero-order valence-corrected chi connectivity index (χ0v) is 25.6. The van der Waals surface area contributed by atoms with Crippen LogP contribution >= 0.6 is 15.9 Å². The van der Waals surface area contributed by atoms with Gasteiger partial charge in [0.15, 0.2) is 5.75 Å². The van der Waals surface area contributed by atoms with Crippen LogP contribution in [0.4, 0.5) is 8.78 Å². The molecule has 2 aromatic carbocycles. The molecule has 2 amide bonds. The maximum absolute atomic E-state index is 15.1. The number of carbonyl (C=O) groups excluding carboxylic acids is 2. The van der Waals surface area contributed by atoms with Crippen LogP contribution in [0.2, 0.25) is 0 Å². The van der Waals surface area contributed by atoms with Crippen LogP contribution in [0.25, 0.3) is 22.2 Å². The molecule has 44 heavy (non-hydrogen) atoms. The first kappa shape index (κ1) is 29.9. The van der Waals surface area contributed by atoms with E-state index in [2.05, 4.69) is 31.3 Å². The number of hydrogen-bond donors (Lipinski definition) is 3. The zero-order valence-electron chi connectivity index (χ0n) is 24.0. The quantitative estimate of drug-likeness (QED) is 0.191. The van der Waals surface area contributed by atoms with Crippen LogP contribution in [0.1, 0.15) is 65.1 Å². The first-order chi connectivity index (χ1) is 21.0. The van der Waals surface area contributed by atoms with Gasteiger partial charge in [-0.05, 0) is 78.7 Å². The SMILES string of the molecule is CCOc1c(C(N)=O)cc([C@@](O)(CNC(=O)c2cc(OC)c3nn(C4CC4)cc3c2)C2CC2)nc1-c1cc(Br)c(F)cc1F. The number of fused-ring (bicyclic) bond motifs is 1. The maximum atomic E-state index is 15.1. The van der Waals surface area contributed by atoms with Crippen molar-refractivity contribution in [3.63, 3.8) is 0 Å². The molecule has 230 valence electrons. The first-order valence-corrected chi connectivity index (χ1v) is 15.0. The first-order valence-electron chi connectivity index (χ1n) is 14.2. The second-order valence-electron chi connectivity index (χ2n) is 11.1. The summed E-state index contributed by atoms with van der Waals surface area (Å²) in [5.41, 5.74) is 4.46. The Morgan fingerprint density at radius 1 is 1.16 bits per heavy atom. The van der Waals surface area contributed by atoms with Crippen LogP contribution in [0.3, 0.4) is 0 Å². The Bertz CT molecular complexity index is 1810. The number of nitrogens with two attached hydrogens (primary N) is 1. The van der Waals surface area contributed by atoms with Crippen molar-refractivity contribution in [3.05, 3.63) is 69.5 Å². The van der Waals surface area contributed by atoms with Gasteiger partial charge < -0.3 is 25.6 Å². The van der Waals surface area contributed by atoms with E-state index in [4.69, 9.17) is 15.2 Å². The van der Waals surface area contributed by atoms with E-state index in [1.54, 1.807) is 19.1 Å². The third kappa shape index (κ3) is 5.50. The minimum Gasteiger partial charge on any atom is -0.494 e. The number of carbonyl (C=O) groups is 2. The van der Waals surface area contributed by atoms with Gasteiger partial charge in [0.2, 0.25) is 0 Å². The van der Waals surface area contributed by atoms with Crippen molar-refractivity contribution in [1.82, 2.24) is 20.1 Å². The smallest absolute Gasteiger partial charge is 0.252 e. The molecule has 2 aliphatic carbocycles. The normalized spacial score (nSPS) is 16.0. The van der Waals surface area contributed by atoms with Crippen LogP contribution in [0.5, 0.6) is 11.5 Å². The average molecular weight is 671 g/mol. The number of hydrogen-bond acceptors (Lipinski definition) is 7. The summed E-state index contributed by atoms with van der Waals surface area (Å²) < 4.78 is 42.3. The molecule has 10 nitrogen and oxygen atoms in total. The molecule has 0 spiro atoms. The van der Waals surface area contributed by atoms with E-state index in [0.717, 1.165) is 18.2 Å². The summed E-state index contributed by atoms with van der Waals surface area (Å²) in [6, 6.07) is 6.81. The summed E-state index contributed by atoms with van der Waals surface area (Å²) in [7, 11) is 1.51. The molecule has 4 N–H and O–H groups in total. The second-order valence-corrected chi connectivity index (χ2v) is 12.0. The molecule has 2 fully saturated rings. The molecule has 2 heterocycles. The second kappa shape index (κ2) is 11.4. The zero-order chi connectivity index (χ0) is 31.3. The maximum Gasteiger partial charge on any atom is 0.252 e. The number of aliphatic hydroxyl groups is 1. The summed E-state index contributed by atoms with van der Waals surface area (Å²) in [5, 5.41) is 20.2. The molecular weight excluding hydrogens is 640 g/mol.